The van der Waals surface area contributed by atoms with Gasteiger partial charge in [-0.15, -0.1) is 0 Å². The van der Waals surface area contributed by atoms with Crippen LogP contribution in [-0.4, -0.2) is 40.4 Å². The zero-order valence-electron chi connectivity index (χ0n) is 23.4. The van der Waals surface area contributed by atoms with Gasteiger partial charge in [-0.2, -0.15) is 0 Å². The van der Waals surface area contributed by atoms with E-state index in [2.05, 4.69) is 37.3 Å². The Labute approximate surface area is 227 Å². The molecule has 1 aliphatic carbocycles. The maximum atomic E-state index is 13.5. The Kier molecular flexibility index (Phi) is 8.91. The highest BCUT2D eigenvalue weighted by atomic mass is 16.6. The molecule has 2 aliphatic rings. The molecule has 2 aromatic carbocycles. The molecule has 204 valence electrons. The van der Waals surface area contributed by atoms with Crippen molar-refractivity contribution in [3.63, 3.8) is 0 Å². The zero-order valence-corrected chi connectivity index (χ0v) is 23.4. The first-order chi connectivity index (χ1) is 18.3. The average Bonchev–Trinajstić information content (AvgIpc) is 3.14. The monoisotopic (exact) mass is 518 g/mol. The van der Waals surface area contributed by atoms with Crippen LogP contribution in [0.4, 0.5) is 0 Å². The lowest BCUT2D eigenvalue weighted by Crippen LogP contribution is -2.43. The number of benzene rings is 2. The largest absolute Gasteiger partial charge is 0.476 e. The maximum Gasteiger partial charge on any atom is 0.349 e. The summed E-state index contributed by atoms with van der Waals surface area (Å²) in [6, 6.07) is 16.3. The van der Waals surface area contributed by atoms with E-state index in [0.29, 0.717) is 18.9 Å². The highest BCUT2D eigenvalue weighted by Crippen LogP contribution is 2.38. The van der Waals surface area contributed by atoms with Crippen LogP contribution >= 0.6 is 0 Å². The van der Waals surface area contributed by atoms with Gasteiger partial charge in [-0.05, 0) is 75.3 Å². The van der Waals surface area contributed by atoms with E-state index >= 15 is 0 Å². The third-order valence-corrected chi connectivity index (χ3v) is 7.54. The number of rotatable bonds is 11. The summed E-state index contributed by atoms with van der Waals surface area (Å²) in [5, 5.41) is 0. The number of unbranched alkanes of at least 4 members (excludes halogenated alkanes) is 1. The third kappa shape index (κ3) is 6.46. The third-order valence-electron chi connectivity index (χ3n) is 7.54. The van der Waals surface area contributed by atoms with E-state index in [1.807, 2.05) is 23.1 Å². The molecule has 1 aliphatic heterocycles. The number of hydrogen-bond donors (Lipinski definition) is 0. The van der Waals surface area contributed by atoms with Gasteiger partial charge in [0.15, 0.2) is 5.60 Å². The highest BCUT2D eigenvalue weighted by molar-refractivity contribution is 6.08. The summed E-state index contributed by atoms with van der Waals surface area (Å²) in [4.78, 5) is 32.8. The normalized spacial score (nSPS) is 17.0. The Hall–Kier alpha value is -3.15. The van der Waals surface area contributed by atoms with Crippen LogP contribution in [0.15, 0.2) is 53.5 Å². The second-order valence-electron chi connectivity index (χ2n) is 11.1. The smallest absolute Gasteiger partial charge is 0.349 e. The number of ether oxygens (including phenoxy) is 2. The highest BCUT2D eigenvalue weighted by Gasteiger charge is 2.48. The number of nitrogens with zero attached hydrogens (tertiary/aromatic N) is 2. The molecule has 6 heteroatoms. The van der Waals surface area contributed by atoms with Gasteiger partial charge in [-0.25, -0.2) is 4.79 Å². The predicted octanol–water partition coefficient (Wildman–Crippen LogP) is 6.63. The van der Waals surface area contributed by atoms with Crippen LogP contribution in [0.3, 0.4) is 0 Å². The van der Waals surface area contributed by atoms with Gasteiger partial charge in [0, 0.05) is 6.42 Å². The molecule has 6 nitrogen and oxygen atoms in total. The van der Waals surface area contributed by atoms with Crippen LogP contribution in [0.1, 0.15) is 95.8 Å². The summed E-state index contributed by atoms with van der Waals surface area (Å²) >= 11 is 0. The Bertz CT molecular complexity index is 1150. The van der Waals surface area contributed by atoms with Gasteiger partial charge in [0.25, 0.3) is 5.91 Å². The van der Waals surface area contributed by atoms with Gasteiger partial charge in [0.05, 0.1) is 13.2 Å². The van der Waals surface area contributed by atoms with Gasteiger partial charge in [-0.3, -0.25) is 14.7 Å². The molecule has 0 bridgehead atoms. The molecular formula is C32H42N2O4. The molecule has 0 radical (unpaired) electrons. The van der Waals surface area contributed by atoms with Gasteiger partial charge in [-0.1, -0.05) is 69.0 Å². The average molecular weight is 519 g/mol. The van der Waals surface area contributed by atoms with E-state index in [4.69, 9.17) is 14.5 Å². The van der Waals surface area contributed by atoms with Crippen molar-refractivity contribution in [3.8, 4) is 5.75 Å². The molecule has 1 spiro atoms. The summed E-state index contributed by atoms with van der Waals surface area (Å²) in [7, 11) is 0. The van der Waals surface area contributed by atoms with E-state index in [1.165, 1.54) is 12.0 Å². The second-order valence-corrected chi connectivity index (χ2v) is 11.1. The minimum Gasteiger partial charge on any atom is -0.476 e. The summed E-state index contributed by atoms with van der Waals surface area (Å²) in [6.45, 7) is 8.30. The first-order valence-corrected chi connectivity index (χ1v) is 14.2. The Morgan fingerprint density at radius 2 is 1.71 bits per heavy atom. The molecule has 2 aromatic rings. The number of esters is 1. The summed E-state index contributed by atoms with van der Waals surface area (Å²) < 4.78 is 11.1. The van der Waals surface area contributed by atoms with Crippen LogP contribution in [0, 0.1) is 0 Å². The molecule has 0 N–H and O–H groups in total. The van der Waals surface area contributed by atoms with Crippen LogP contribution in [0.2, 0.25) is 0 Å². The lowest BCUT2D eigenvalue weighted by molar-refractivity contribution is -0.158. The van der Waals surface area contributed by atoms with Crippen LogP contribution in [0.5, 0.6) is 5.75 Å². The lowest BCUT2D eigenvalue weighted by atomic mass is 9.82. The van der Waals surface area contributed by atoms with Crippen molar-refractivity contribution in [3.05, 3.63) is 65.2 Å². The first-order valence-electron chi connectivity index (χ1n) is 14.2. The number of carbonyl (C=O) groups is 2. The maximum absolute atomic E-state index is 13.5. The molecule has 1 heterocycles. The second kappa shape index (κ2) is 12.1. The van der Waals surface area contributed by atoms with Gasteiger partial charge >= 0.3 is 5.97 Å². The van der Waals surface area contributed by atoms with Gasteiger partial charge < -0.3 is 9.47 Å². The zero-order chi connectivity index (χ0) is 27.2. The van der Waals surface area contributed by atoms with Crippen LogP contribution < -0.4 is 4.74 Å². The quantitative estimate of drug-likeness (QED) is 0.313. The molecule has 0 aromatic heterocycles. The number of aliphatic imine (C=N–C) groups is 1. The Balaban J connectivity index is 1.42. The van der Waals surface area contributed by atoms with Crippen molar-refractivity contribution < 1.29 is 19.1 Å². The fraction of sp³-hybridized carbons (Fsp3) is 0.531. The topological polar surface area (TPSA) is 68.2 Å². The fourth-order valence-electron chi connectivity index (χ4n) is 5.42. The molecule has 0 saturated heterocycles. The molecule has 0 unspecified atom stereocenters. The Morgan fingerprint density at radius 1 is 1.00 bits per heavy atom. The molecular weight excluding hydrogens is 476 g/mol. The SMILES string of the molecule is CCCCC1=NC2(CCCCC2)C(=O)N1Cc1ccc(Cc2cccc(OC(C)(C)C(=O)OCC)c2)cc1. The van der Waals surface area contributed by atoms with Crippen molar-refractivity contribution in [2.24, 2.45) is 4.99 Å². The minimum absolute atomic E-state index is 0.204. The van der Waals surface area contributed by atoms with Crippen molar-refractivity contribution in [1.29, 1.82) is 0 Å². The summed E-state index contributed by atoms with van der Waals surface area (Å²) in [5.74, 6) is 1.44. The first kappa shape index (κ1) is 27.9. The van der Waals surface area contributed by atoms with Crippen LogP contribution in [0.25, 0.3) is 0 Å². The standard InChI is InChI=1S/C32H42N2O4/c1-5-7-14-28-33-32(19-9-8-10-20-32)29(35)34(28)23-25-17-15-24(16-18-25)21-26-12-11-13-27(22-26)38-31(3,4)30(36)37-6-2/h11-13,15-18,22H,5-10,14,19-21,23H2,1-4H3. The molecule has 1 saturated carbocycles. The van der Waals surface area contributed by atoms with Gasteiger partial charge in [0.1, 0.15) is 17.1 Å². The number of hydrogen-bond acceptors (Lipinski definition) is 5. The van der Waals surface area contributed by atoms with Crippen LogP contribution in [-0.2, 0) is 27.3 Å². The Morgan fingerprint density at radius 3 is 2.39 bits per heavy atom. The predicted molar refractivity (Wildman–Crippen MR) is 150 cm³/mol. The summed E-state index contributed by atoms with van der Waals surface area (Å²) in [5.41, 5.74) is 1.83. The molecule has 1 amide bonds. The van der Waals surface area contributed by atoms with Crippen molar-refractivity contribution in [2.45, 2.75) is 103 Å². The van der Waals surface area contributed by atoms with Crippen molar-refractivity contribution >= 4 is 17.7 Å². The van der Waals surface area contributed by atoms with Crippen molar-refractivity contribution in [2.75, 3.05) is 6.61 Å². The van der Waals surface area contributed by atoms with E-state index < -0.39 is 11.1 Å². The molecule has 0 atom stereocenters. The number of amidine groups is 1. The fourth-order valence-corrected chi connectivity index (χ4v) is 5.42. The number of carbonyl (C=O) groups excluding carboxylic acids is 2. The lowest BCUT2D eigenvalue weighted by Gasteiger charge is -2.29. The van der Waals surface area contributed by atoms with Gasteiger partial charge in [0.2, 0.25) is 0 Å². The number of amides is 1. The molecule has 38 heavy (non-hydrogen) atoms. The minimum atomic E-state index is -1.06. The van der Waals surface area contributed by atoms with Crippen molar-refractivity contribution in [1.82, 2.24) is 4.90 Å². The van der Waals surface area contributed by atoms with E-state index in [9.17, 15) is 9.59 Å². The van der Waals surface area contributed by atoms with E-state index in [-0.39, 0.29) is 11.9 Å². The molecule has 1 fully saturated rings. The molecule has 4 rings (SSSR count). The van der Waals surface area contributed by atoms with E-state index in [1.54, 1.807) is 20.8 Å². The van der Waals surface area contributed by atoms with E-state index in [0.717, 1.165) is 68.3 Å². The summed E-state index contributed by atoms with van der Waals surface area (Å²) in [6.07, 6.45) is 8.91.